The predicted molar refractivity (Wildman–Crippen MR) is 82.0 cm³/mol. The molecule has 0 saturated carbocycles. The maximum atomic E-state index is 12.1. The molecule has 0 radical (unpaired) electrons. The molecule has 0 spiro atoms. The summed E-state index contributed by atoms with van der Waals surface area (Å²) in [4.78, 5) is 4.14. The zero-order chi connectivity index (χ0) is 15.3. The van der Waals surface area contributed by atoms with E-state index in [0.717, 1.165) is 12.0 Å². The summed E-state index contributed by atoms with van der Waals surface area (Å²) < 4.78 is 26.9. The SMILES string of the molecule is CCc1ccc(CNS(=O)(=O)c2ccc(CN)nc2)cc1. The molecule has 0 unspecified atom stereocenters. The summed E-state index contributed by atoms with van der Waals surface area (Å²) >= 11 is 0. The fraction of sp³-hybridized carbons (Fsp3) is 0.267. The molecule has 112 valence electrons. The Balaban J connectivity index is 2.05. The van der Waals surface area contributed by atoms with Crippen LogP contribution in [0.1, 0.15) is 23.7 Å². The van der Waals surface area contributed by atoms with Crippen LogP contribution in [0.25, 0.3) is 0 Å². The van der Waals surface area contributed by atoms with Crippen LogP contribution in [0.4, 0.5) is 0 Å². The number of aromatic nitrogens is 1. The van der Waals surface area contributed by atoms with Crippen molar-refractivity contribution in [3.8, 4) is 0 Å². The van der Waals surface area contributed by atoms with Gasteiger partial charge in [0.25, 0.3) is 0 Å². The van der Waals surface area contributed by atoms with Gasteiger partial charge in [-0.2, -0.15) is 0 Å². The molecular formula is C15H19N3O2S. The molecule has 0 bridgehead atoms. The summed E-state index contributed by atoms with van der Waals surface area (Å²) in [5.41, 5.74) is 8.24. The lowest BCUT2D eigenvalue weighted by Gasteiger charge is -2.07. The number of hydrogen-bond donors (Lipinski definition) is 2. The summed E-state index contributed by atoms with van der Waals surface area (Å²) in [6.45, 7) is 2.62. The van der Waals surface area contributed by atoms with Gasteiger partial charge in [-0.15, -0.1) is 0 Å². The minimum absolute atomic E-state index is 0.143. The van der Waals surface area contributed by atoms with E-state index in [9.17, 15) is 8.42 Å². The number of benzene rings is 1. The van der Waals surface area contributed by atoms with Gasteiger partial charge < -0.3 is 5.73 Å². The quantitative estimate of drug-likeness (QED) is 0.848. The summed E-state index contributed by atoms with van der Waals surface area (Å²) in [6.07, 6.45) is 2.29. The Bertz CT molecular complexity index is 680. The minimum Gasteiger partial charge on any atom is -0.325 e. The normalized spacial score (nSPS) is 11.5. The molecule has 1 aromatic carbocycles. The third-order valence-electron chi connectivity index (χ3n) is 3.21. The third kappa shape index (κ3) is 4.10. The van der Waals surface area contributed by atoms with Crippen LogP contribution in [-0.4, -0.2) is 13.4 Å². The molecule has 5 nitrogen and oxygen atoms in total. The van der Waals surface area contributed by atoms with Gasteiger partial charge in [0.05, 0.1) is 5.69 Å². The molecule has 0 aliphatic heterocycles. The summed E-state index contributed by atoms with van der Waals surface area (Å²) in [5, 5.41) is 0. The molecule has 0 aliphatic carbocycles. The Kier molecular flexibility index (Phi) is 5.06. The smallest absolute Gasteiger partial charge is 0.242 e. The van der Waals surface area contributed by atoms with Crippen molar-refractivity contribution in [1.82, 2.24) is 9.71 Å². The highest BCUT2D eigenvalue weighted by Gasteiger charge is 2.13. The second kappa shape index (κ2) is 6.80. The van der Waals surface area contributed by atoms with E-state index in [0.29, 0.717) is 5.69 Å². The van der Waals surface area contributed by atoms with Gasteiger partial charge in [-0.3, -0.25) is 4.98 Å². The Labute approximate surface area is 125 Å². The lowest BCUT2D eigenvalue weighted by atomic mass is 10.1. The van der Waals surface area contributed by atoms with E-state index in [4.69, 9.17) is 5.73 Å². The first-order chi connectivity index (χ1) is 10.0. The number of pyridine rings is 1. The van der Waals surface area contributed by atoms with Crippen LogP contribution in [0.2, 0.25) is 0 Å². The molecule has 0 aliphatic rings. The van der Waals surface area contributed by atoms with Crippen molar-refractivity contribution in [1.29, 1.82) is 0 Å². The van der Waals surface area contributed by atoms with Gasteiger partial charge in [0.15, 0.2) is 0 Å². The molecule has 1 aromatic heterocycles. The van der Waals surface area contributed by atoms with Crippen LogP contribution < -0.4 is 10.5 Å². The van der Waals surface area contributed by atoms with E-state index in [1.165, 1.54) is 17.8 Å². The molecule has 2 aromatic rings. The van der Waals surface area contributed by atoms with Crippen LogP contribution in [0.3, 0.4) is 0 Å². The monoisotopic (exact) mass is 305 g/mol. The standard InChI is InChI=1S/C15H19N3O2S/c1-2-12-3-5-13(6-4-12)10-18-21(19,20)15-8-7-14(9-16)17-11-15/h3-8,11,18H,2,9-10,16H2,1H3. The van der Waals surface area contributed by atoms with Crippen LogP contribution in [-0.2, 0) is 29.5 Å². The first-order valence-electron chi connectivity index (χ1n) is 6.77. The summed E-state index contributed by atoms with van der Waals surface area (Å²) in [6, 6.07) is 11.0. The number of nitrogens with zero attached hydrogens (tertiary/aromatic N) is 1. The lowest BCUT2D eigenvalue weighted by Crippen LogP contribution is -2.23. The Hall–Kier alpha value is -1.76. The van der Waals surface area contributed by atoms with Crippen molar-refractivity contribution in [3.05, 3.63) is 59.4 Å². The van der Waals surface area contributed by atoms with E-state index in [2.05, 4.69) is 16.6 Å². The number of aryl methyl sites for hydroxylation is 1. The Morgan fingerprint density at radius 1 is 1.10 bits per heavy atom. The maximum Gasteiger partial charge on any atom is 0.242 e. The van der Waals surface area contributed by atoms with E-state index in [-0.39, 0.29) is 18.0 Å². The van der Waals surface area contributed by atoms with E-state index < -0.39 is 10.0 Å². The zero-order valence-corrected chi connectivity index (χ0v) is 12.7. The molecule has 0 fully saturated rings. The first-order valence-corrected chi connectivity index (χ1v) is 8.26. The minimum atomic E-state index is -3.55. The Morgan fingerprint density at radius 2 is 1.76 bits per heavy atom. The van der Waals surface area contributed by atoms with Crippen molar-refractivity contribution in [2.24, 2.45) is 5.73 Å². The Morgan fingerprint density at radius 3 is 2.29 bits per heavy atom. The number of nitrogens with two attached hydrogens (primary N) is 1. The highest BCUT2D eigenvalue weighted by molar-refractivity contribution is 7.89. The van der Waals surface area contributed by atoms with Gasteiger partial charge in [0.1, 0.15) is 4.90 Å². The van der Waals surface area contributed by atoms with Crippen LogP contribution in [0.15, 0.2) is 47.5 Å². The zero-order valence-electron chi connectivity index (χ0n) is 11.9. The van der Waals surface area contributed by atoms with Crippen molar-refractivity contribution in [3.63, 3.8) is 0 Å². The fourth-order valence-corrected chi connectivity index (χ4v) is 2.81. The van der Waals surface area contributed by atoms with Crippen molar-refractivity contribution in [2.75, 3.05) is 0 Å². The average molecular weight is 305 g/mol. The molecular weight excluding hydrogens is 286 g/mol. The van der Waals surface area contributed by atoms with E-state index in [1.807, 2.05) is 24.3 Å². The van der Waals surface area contributed by atoms with Gasteiger partial charge in [-0.1, -0.05) is 31.2 Å². The van der Waals surface area contributed by atoms with E-state index in [1.54, 1.807) is 6.07 Å². The van der Waals surface area contributed by atoms with E-state index >= 15 is 0 Å². The van der Waals surface area contributed by atoms with Gasteiger partial charge >= 0.3 is 0 Å². The topological polar surface area (TPSA) is 85.1 Å². The maximum absolute atomic E-state index is 12.1. The van der Waals surface area contributed by atoms with Gasteiger partial charge in [-0.25, -0.2) is 13.1 Å². The molecule has 1 heterocycles. The molecule has 0 amide bonds. The van der Waals surface area contributed by atoms with Crippen molar-refractivity contribution in [2.45, 2.75) is 31.3 Å². The predicted octanol–water partition coefficient (Wildman–Crippen LogP) is 1.58. The second-order valence-electron chi connectivity index (χ2n) is 4.68. The lowest BCUT2D eigenvalue weighted by molar-refractivity contribution is 0.580. The number of nitrogens with one attached hydrogen (secondary N) is 1. The van der Waals surface area contributed by atoms with Gasteiger partial charge in [-0.05, 0) is 29.7 Å². The molecule has 2 rings (SSSR count). The molecule has 6 heteroatoms. The van der Waals surface area contributed by atoms with Gasteiger partial charge in [0.2, 0.25) is 10.0 Å². The van der Waals surface area contributed by atoms with Crippen LogP contribution in [0, 0.1) is 0 Å². The van der Waals surface area contributed by atoms with Crippen molar-refractivity contribution >= 4 is 10.0 Å². The molecule has 3 N–H and O–H groups in total. The first kappa shape index (κ1) is 15.6. The highest BCUT2D eigenvalue weighted by atomic mass is 32.2. The number of hydrogen-bond acceptors (Lipinski definition) is 4. The summed E-state index contributed by atoms with van der Waals surface area (Å²) in [5.74, 6) is 0. The van der Waals surface area contributed by atoms with Crippen molar-refractivity contribution < 1.29 is 8.42 Å². The number of sulfonamides is 1. The van der Waals surface area contributed by atoms with Gasteiger partial charge in [0, 0.05) is 19.3 Å². The molecule has 0 saturated heterocycles. The second-order valence-corrected chi connectivity index (χ2v) is 6.45. The number of rotatable bonds is 6. The third-order valence-corrected chi connectivity index (χ3v) is 4.60. The highest BCUT2D eigenvalue weighted by Crippen LogP contribution is 2.10. The molecule has 0 atom stereocenters. The summed E-state index contributed by atoms with van der Waals surface area (Å²) in [7, 11) is -3.55. The molecule has 21 heavy (non-hydrogen) atoms. The fourth-order valence-electron chi connectivity index (χ4n) is 1.85. The largest absolute Gasteiger partial charge is 0.325 e. The van der Waals surface area contributed by atoms with Crippen LogP contribution in [0.5, 0.6) is 0 Å². The van der Waals surface area contributed by atoms with Crippen LogP contribution >= 0.6 is 0 Å². The average Bonchev–Trinajstić information content (AvgIpc) is 2.53.